The molecule has 0 spiro atoms. The lowest BCUT2D eigenvalue weighted by atomic mass is 9.54. The number of carboxylic acid groups (broad SMARTS) is 1. The zero-order chi connectivity index (χ0) is 10.9. The molecule has 3 aliphatic rings. The van der Waals surface area contributed by atoms with E-state index in [2.05, 4.69) is 0 Å². The van der Waals surface area contributed by atoms with E-state index in [0.29, 0.717) is 6.61 Å². The van der Waals surface area contributed by atoms with Crippen molar-refractivity contribution in [3.63, 3.8) is 0 Å². The number of carboxylic acids is 1. The topological polar surface area (TPSA) is 57.5 Å². The normalized spacial score (nSPS) is 39.8. The maximum absolute atomic E-state index is 10.5. The smallest absolute Gasteiger partial charge is 0.327 e. The summed E-state index contributed by atoms with van der Waals surface area (Å²) < 4.78 is 0. The van der Waals surface area contributed by atoms with Crippen molar-refractivity contribution < 1.29 is 15.0 Å². The number of rotatable bonds is 3. The van der Waals surface area contributed by atoms with Gasteiger partial charge in [-0.1, -0.05) is 6.08 Å². The SMILES string of the molecule is O=C(O)/C=C/C12CCC(CO)(CC1)CC2. The minimum absolute atomic E-state index is 0.120. The van der Waals surface area contributed by atoms with Crippen LogP contribution in [0.4, 0.5) is 0 Å². The highest BCUT2D eigenvalue weighted by molar-refractivity contribution is 5.79. The fraction of sp³-hybridized carbons (Fsp3) is 0.750. The summed E-state index contributed by atoms with van der Waals surface area (Å²) in [5.74, 6) is -0.853. The maximum atomic E-state index is 10.5. The summed E-state index contributed by atoms with van der Waals surface area (Å²) in [6, 6.07) is 0. The van der Waals surface area contributed by atoms with Gasteiger partial charge in [0.2, 0.25) is 0 Å². The molecule has 0 aromatic rings. The molecule has 84 valence electrons. The van der Waals surface area contributed by atoms with Gasteiger partial charge in [-0.15, -0.1) is 0 Å². The van der Waals surface area contributed by atoms with Crippen molar-refractivity contribution in [2.75, 3.05) is 6.61 Å². The zero-order valence-corrected chi connectivity index (χ0v) is 8.91. The van der Waals surface area contributed by atoms with Crippen molar-refractivity contribution in [1.82, 2.24) is 0 Å². The van der Waals surface area contributed by atoms with Crippen molar-refractivity contribution in [1.29, 1.82) is 0 Å². The highest BCUT2D eigenvalue weighted by Crippen LogP contribution is 2.57. The van der Waals surface area contributed by atoms with Crippen LogP contribution in [0.3, 0.4) is 0 Å². The Morgan fingerprint density at radius 1 is 1.13 bits per heavy atom. The summed E-state index contributed by atoms with van der Waals surface area (Å²) in [6.45, 7) is 0.297. The van der Waals surface area contributed by atoms with Crippen LogP contribution in [0.15, 0.2) is 12.2 Å². The van der Waals surface area contributed by atoms with Crippen molar-refractivity contribution >= 4 is 5.97 Å². The van der Waals surface area contributed by atoms with Crippen LogP contribution in [-0.4, -0.2) is 22.8 Å². The number of aliphatic hydroxyl groups is 1. The average Bonchev–Trinajstić information content (AvgIpc) is 2.29. The van der Waals surface area contributed by atoms with Gasteiger partial charge in [-0.05, 0) is 49.4 Å². The van der Waals surface area contributed by atoms with E-state index in [1.165, 1.54) is 6.08 Å². The molecule has 3 nitrogen and oxygen atoms in total. The summed E-state index contributed by atoms with van der Waals surface area (Å²) in [6.07, 6.45) is 9.44. The minimum atomic E-state index is -0.853. The molecule has 2 N–H and O–H groups in total. The van der Waals surface area contributed by atoms with Crippen LogP contribution >= 0.6 is 0 Å². The third-order valence-corrected chi connectivity index (χ3v) is 4.37. The average molecular weight is 210 g/mol. The van der Waals surface area contributed by atoms with E-state index in [-0.39, 0.29) is 10.8 Å². The van der Waals surface area contributed by atoms with Crippen LogP contribution in [-0.2, 0) is 4.79 Å². The Labute approximate surface area is 89.8 Å². The van der Waals surface area contributed by atoms with Gasteiger partial charge in [0.1, 0.15) is 0 Å². The summed E-state index contributed by atoms with van der Waals surface area (Å²) in [4.78, 5) is 10.5. The van der Waals surface area contributed by atoms with E-state index in [1.54, 1.807) is 0 Å². The third-order valence-electron chi connectivity index (χ3n) is 4.37. The molecule has 0 unspecified atom stereocenters. The highest BCUT2D eigenvalue weighted by Gasteiger charge is 2.46. The Morgan fingerprint density at radius 2 is 1.67 bits per heavy atom. The highest BCUT2D eigenvalue weighted by atomic mass is 16.4. The predicted molar refractivity (Wildman–Crippen MR) is 56.4 cm³/mol. The Morgan fingerprint density at radius 3 is 2.07 bits per heavy atom. The molecule has 0 aliphatic heterocycles. The Bertz CT molecular complexity index is 269. The molecule has 3 aliphatic carbocycles. The fourth-order valence-electron chi connectivity index (χ4n) is 3.03. The maximum Gasteiger partial charge on any atom is 0.327 e. The first kappa shape index (κ1) is 10.7. The van der Waals surface area contributed by atoms with Crippen LogP contribution in [0, 0.1) is 10.8 Å². The van der Waals surface area contributed by atoms with Gasteiger partial charge in [0.15, 0.2) is 0 Å². The Kier molecular flexibility index (Phi) is 2.59. The lowest BCUT2D eigenvalue weighted by molar-refractivity contribution is -0.131. The molecule has 0 saturated heterocycles. The first-order valence-corrected chi connectivity index (χ1v) is 5.63. The fourth-order valence-corrected chi connectivity index (χ4v) is 3.03. The van der Waals surface area contributed by atoms with Crippen molar-refractivity contribution in [2.45, 2.75) is 38.5 Å². The molecule has 0 aromatic heterocycles. The predicted octanol–water partition coefficient (Wildman–Crippen LogP) is 1.96. The standard InChI is InChI=1S/C12H18O3/c13-9-12-6-3-11(4-7-12,5-8-12)2-1-10(14)15/h1-2,13H,3-9H2,(H,14,15)/b2-1+. The molecule has 0 atom stereocenters. The molecular formula is C12H18O3. The summed E-state index contributed by atoms with van der Waals surface area (Å²) >= 11 is 0. The first-order valence-electron chi connectivity index (χ1n) is 5.63. The van der Waals surface area contributed by atoms with E-state index in [1.807, 2.05) is 6.08 Å². The number of hydrogen-bond acceptors (Lipinski definition) is 2. The van der Waals surface area contributed by atoms with Gasteiger partial charge in [-0.3, -0.25) is 0 Å². The number of aliphatic hydroxyl groups excluding tert-OH is 1. The second-order valence-corrected chi connectivity index (χ2v) is 5.19. The van der Waals surface area contributed by atoms with Gasteiger partial charge in [0.25, 0.3) is 0 Å². The Hall–Kier alpha value is -0.830. The lowest BCUT2D eigenvalue weighted by Crippen LogP contribution is -2.42. The van der Waals surface area contributed by atoms with E-state index in [4.69, 9.17) is 5.11 Å². The summed E-state index contributed by atoms with van der Waals surface area (Å²) in [5, 5.41) is 18.0. The van der Waals surface area contributed by atoms with Crippen LogP contribution in [0.25, 0.3) is 0 Å². The molecule has 0 amide bonds. The van der Waals surface area contributed by atoms with Gasteiger partial charge < -0.3 is 10.2 Å². The van der Waals surface area contributed by atoms with Gasteiger partial charge in [-0.2, -0.15) is 0 Å². The van der Waals surface area contributed by atoms with Crippen LogP contribution in [0.5, 0.6) is 0 Å². The Balaban J connectivity index is 2.07. The lowest BCUT2D eigenvalue weighted by Gasteiger charge is -2.51. The monoisotopic (exact) mass is 210 g/mol. The molecule has 0 radical (unpaired) electrons. The number of aliphatic carboxylic acids is 1. The van der Waals surface area contributed by atoms with E-state index < -0.39 is 5.97 Å². The summed E-state index contributed by atoms with van der Waals surface area (Å²) in [5.41, 5.74) is 0.286. The molecule has 2 bridgehead atoms. The number of allylic oxidation sites excluding steroid dienone is 1. The zero-order valence-electron chi connectivity index (χ0n) is 8.91. The van der Waals surface area contributed by atoms with Crippen molar-refractivity contribution in [2.24, 2.45) is 10.8 Å². The van der Waals surface area contributed by atoms with Gasteiger partial charge >= 0.3 is 5.97 Å². The molecule has 3 fully saturated rings. The largest absolute Gasteiger partial charge is 0.478 e. The number of carbonyl (C=O) groups is 1. The van der Waals surface area contributed by atoms with Crippen molar-refractivity contribution in [3.8, 4) is 0 Å². The second kappa shape index (κ2) is 3.63. The van der Waals surface area contributed by atoms with Crippen LogP contribution in [0.1, 0.15) is 38.5 Å². The van der Waals surface area contributed by atoms with Crippen molar-refractivity contribution in [3.05, 3.63) is 12.2 Å². The van der Waals surface area contributed by atoms with E-state index in [9.17, 15) is 9.90 Å². The minimum Gasteiger partial charge on any atom is -0.478 e. The molecule has 3 heteroatoms. The number of hydrogen-bond donors (Lipinski definition) is 2. The van der Waals surface area contributed by atoms with Crippen LogP contribution in [0.2, 0.25) is 0 Å². The van der Waals surface area contributed by atoms with Crippen LogP contribution < -0.4 is 0 Å². The van der Waals surface area contributed by atoms with Gasteiger partial charge in [0, 0.05) is 12.7 Å². The summed E-state index contributed by atoms with van der Waals surface area (Å²) in [7, 11) is 0. The van der Waals surface area contributed by atoms with Gasteiger partial charge in [-0.25, -0.2) is 4.79 Å². The van der Waals surface area contributed by atoms with Gasteiger partial charge in [0.05, 0.1) is 0 Å². The second-order valence-electron chi connectivity index (χ2n) is 5.19. The molecule has 0 heterocycles. The molecule has 3 saturated carbocycles. The number of fused-ring (bicyclic) bond motifs is 3. The quantitative estimate of drug-likeness (QED) is 0.700. The van der Waals surface area contributed by atoms with E-state index >= 15 is 0 Å². The molecular weight excluding hydrogens is 192 g/mol. The first-order chi connectivity index (χ1) is 7.10. The molecule has 15 heavy (non-hydrogen) atoms. The molecule has 0 aromatic carbocycles. The third kappa shape index (κ3) is 1.93. The van der Waals surface area contributed by atoms with E-state index in [0.717, 1.165) is 38.5 Å². The molecule has 3 rings (SSSR count).